The average molecular weight is 214 g/mol. The fraction of sp³-hybridized carbons (Fsp3) is 0.400. The van der Waals surface area contributed by atoms with Crippen LogP contribution in [0.15, 0.2) is 24.3 Å². The predicted molar refractivity (Wildman–Crippen MR) is 55.7 cm³/mol. The summed E-state index contributed by atoms with van der Waals surface area (Å²) in [7, 11) is 0. The molecule has 1 aliphatic rings. The average Bonchev–Trinajstić information content (AvgIpc) is 2.56. The lowest BCUT2D eigenvalue weighted by molar-refractivity contribution is 0.165. The molecule has 0 aliphatic carbocycles. The van der Waals surface area contributed by atoms with Crippen molar-refractivity contribution in [3.05, 3.63) is 24.3 Å². The van der Waals surface area contributed by atoms with Gasteiger partial charge in [-0.3, -0.25) is 0 Å². The summed E-state index contributed by atoms with van der Waals surface area (Å²) < 4.78 is 5.21. The van der Waals surface area contributed by atoms with E-state index in [9.17, 15) is 0 Å². The number of rotatable bonds is 2. The van der Waals surface area contributed by atoms with Gasteiger partial charge in [0.25, 0.3) is 0 Å². The molecule has 3 nitrogen and oxygen atoms in total. The summed E-state index contributed by atoms with van der Waals surface area (Å²) >= 11 is 5.93. The van der Waals surface area contributed by atoms with Crippen molar-refractivity contribution in [3.8, 4) is 5.75 Å². The van der Waals surface area contributed by atoms with Crippen LogP contribution in [0.25, 0.3) is 0 Å². The Hall–Kier alpha value is -0.930. The molecule has 14 heavy (non-hydrogen) atoms. The van der Waals surface area contributed by atoms with Crippen LogP contribution in [0.5, 0.6) is 5.75 Å². The van der Waals surface area contributed by atoms with Gasteiger partial charge in [-0.1, -0.05) is 11.6 Å². The molecule has 4 heteroatoms. The van der Waals surface area contributed by atoms with Gasteiger partial charge in [0, 0.05) is 5.69 Å². The lowest BCUT2D eigenvalue weighted by Crippen LogP contribution is -2.24. The molecule has 1 aromatic rings. The van der Waals surface area contributed by atoms with Crippen LogP contribution in [0, 0.1) is 0 Å². The number of hydrogen-bond donors (Lipinski definition) is 2. The molecule has 1 heterocycles. The Bertz CT molecular complexity index is 301. The first-order valence-electron chi connectivity index (χ1n) is 4.57. The summed E-state index contributed by atoms with van der Waals surface area (Å²) in [5.74, 6) is 0.264. The molecule has 2 rings (SSSR count). The van der Waals surface area contributed by atoms with Crippen molar-refractivity contribution in [2.75, 3.05) is 11.9 Å². The molecule has 0 bridgehead atoms. The number of aromatic hydroxyl groups is 1. The maximum atomic E-state index is 9.09. The van der Waals surface area contributed by atoms with Crippen molar-refractivity contribution >= 4 is 17.3 Å². The molecule has 1 aromatic carbocycles. The van der Waals surface area contributed by atoms with Crippen LogP contribution in [0.1, 0.15) is 6.42 Å². The van der Waals surface area contributed by atoms with Crippen LogP contribution >= 0.6 is 11.6 Å². The predicted octanol–water partition coefficient (Wildman–Crippen LogP) is 2.16. The van der Waals surface area contributed by atoms with Crippen molar-refractivity contribution < 1.29 is 9.84 Å². The zero-order valence-electron chi connectivity index (χ0n) is 7.61. The van der Waals surface area contributed by atoms with Gasteiger partial charge < -0.3 is 15.2 Å². The standard InChI is InChI=1S/C10H12ClNO2/c11-10-9(5-6-14-10)12-7-1-3-8(13)4-2-7/h1-4,9-10,12-13H,5-6H2. The molecular weight excluding hydrogens is 202 g/mol. The maximum absolute atomic E-state index is 9.09. The van der Waals surface area contributed by atoms with E-state index in [4.69, 9.17) is 21.4 Å². The number of alkyl halides is 1. The Morgan fingerprint density at radius 3 is 2.64 bits per heavy atom. The molecule has 0 radical (unpaired) electrons. The largest absolute Gasteiger partial charge is 0.508 e. The Morgan fingerprint density at radius 2 is 2.07 bits per heavy atom. The topological polar surface area (TPSA) is 41.5 Å². The highest BCUT2D eigenvalue weighted by molar-refractivity contribution is 6.20. The van der Waals surface area contributed by atoms with Crippen molar-refractivity contribution in [1.82, 2.24) is 0 Å². The molecule has 2 N–H and O–H groups in total. The van der Waals surface area contributed by atoms with E-state index < -0.39 is 0 Å². The normalized spacial score (nSPS) is 26.4. The number of halogens is 1. The van der Waals surface area contributed by atoms with Crippen LogP contribution in [0.2, 0.25) is 0 Å². The highest BCUT2D eigenvalue weighted by Crippen LogP contribution is 2.22. The van der Waals surface area contributed by atoms with Gasteiger partial charge in [-0.15, -0.1) is 0 Å². The Balaban J connectivity index is 2.00. The Morgan fingerprint density at radius 1 is 1.36 bits per heavy atom. The van der Waals surface area contributed by atoms with Gasteiger partial charge in [-0.05, 0) is 30.7 Å². The molecular formula is C10H12ClNO2. The second kappa shape index (κ2) is 4.07. The van der Waals surface area contributed by atoms with Crippen LogP contribution in [-0.4, -0.2) is 23.3 Å². The quantitative estimate of drug-likeness (QED) is 0.585. The maximum Gasteiger partial charge on any atom is 0.151 e. The molecule has 1 fully saturated rings. The van der Waals surface area contributed by atoms with Gasteiger partial charge in [-0.25, -0.2) is 0 Å². The summed E-state index contributed by atoms with van der Waals surface area (Å²) in [6, 6.07) is 7.07. The summed E-state index contributed by atoms with van der Waals surface area (Å²) in [5.41, 5.74) is 0.688. The van der Waals surface area contributed by atoms with Crippen molar-refractivity contribution in [3.63, 3.8) is 0 Å². The first-order valence-corrected chi connectivity index (χ1v) is 5.00. The first-order chi connectivity index (χ1) is 6.75. The SMILES string of the molecule is Oc1ccc(NC2CCOC2Cl)cc1. The number of anilines is 1. The summed E-state index contributed by atoms with van der Waals surface area (Å²) in [6.45, 7) is 0.698. The van der Waals surface area contributed by atoms with Crippen LogP contribution in [-0.2, 0) is 4.74 Å². The molecule has 0 saturated carbocycles. The van der Waals surface area contributed by atoms with Crippen LogP contribution in [0.3, 0.4) is 0 Å². The molecule has 2 atom stereocenters. The number of hydrogen-bond acceptors (Lipinski definition) is 3. The van der Waals surface area contributed by atoms with Gasteiger partial charge in [0.15, 0.2) is 5.56 Å². The van der Waals surface area contributed by atoms with Gasteiger partial charge in [0.1, 0.15) is 5.75 Å². The Kier molecular flexibility index (Phi) is 2.79. The lowest BCUT2D eigenvalue weighted by atomic mass is 10.2. The highest BCUT2D eigenvalue weighted by atomic mass is 35.5. The highest BCUT2D eigenvalue weighted by Gasteiger charge is 2.25. The van der Waals surface area contributed by atoms with Gasteiger partial charge in [0.05, 0.1) is 12.6 Å². The van der Waals surface area contributed by atoms with Crippen LogP contribution in [0.4, 0.5) is 5.69 Å². The van der Waals surface area contributed by atoms with Gasteiger partial charge in [-0.2, -0.15) is 0 Å². The first kappa shape index (κ1) is 9.62. The van der Waals surface area contributed by atoms with E-state index in [0.29, 0.717) is 6.61 Å². The number of ether oxygens (including phenoxy) is 1. The third kappa shape index (κ3) is 2.11. The molecule has 1 saturated heterocycles. The molecule has 0 aromatic heterocycles. The number of phenols is 1. The van der Waals surface area contributed by atoms with Crippen molar-refractivity contribution in [2.45, 2.75) is 18.0 Å². The fourth-order valence-corrected chi connectivity index (χ4v) is 1.74. The third-order valence-corrected chi connectivity index (χ3v) is 2.67. The Labute approximate surface area is 87.6 Å². The smallest absolute Gasteiger partial charge is 0.151 e. The number of nitrogens with one attached hydrogen (secondary N) is 1. The second-order valence-electron chi connectivity index (χ2n) is 3.31. The summed E-state index contributed by atoms with van der Waals surface area (Å²) in [5, 5.41) is 12.3. The molecule has 0 spiro atoms. The van der Waals surface area contributed by atoms with E-state index >= 15 is 0 Å². The van der Waals surface area contributed by atoms with E-state index in [1.165, 1.54) is 0 Å². The number of phenolic OH excluding ortho intramolecular Hbond substituents is 1. The van der Waals surface area contributed by atoms with Crippen LogP contribution < -0.4 is 5.32 Å². The van der Waals surface area contributed by atoms with E-state index in [1.54, 1.807) is 12.1 Å². The number of benzene rings is 1. The van der Waals surface area contributed by atoms with Crippen molar-refractivity contribution in [2.24, 2.45) is 0 Å². The molecule has 1 aliphatic heterocycles. The third-order valence-electron chi connectivity index (χ3n) is 2.24. The zero-order valence-corrected chi connectivity index (χ0v) is 8.37. The van der Waals surface area contributed by atoms with Crippen molar-refractivity contribution in [1.29, 1.82) is 0 Å². The summed E-state index contributed by atoms with van der Waals surface area (Å²) in [4.78, 5) is 0. The van der Waals surface area contributed by atoms with E-state index in [-0.39, 0.29) is 17.4 Å². The fourth-order valence-electron chi connectivity index (χ4n) is 1.46. The summed E-state index contributed by atoms with van der Waals surface area (Å²) in [6.07, 6.45) is 0.912. The minimum absolute atomic E-state index is 0.154. The van der Waals surface area contributed by atoms with E-state index in [0.717, 1.165) is 12.1 Å². The molecule has 76 valence electrons. The minimum Gasteiger partial charge on any atom is -0.508 e. The molecule has 0 amide bonds. The second-order valence-corrected chi connectivity index (χ2v) is 3.74. The zero-order chi connectivity index (χ0) is 9.97. The van der Waals surface area contributed by atoms with E-state index in [1.807, 2.05) is 12.1 Å². The van der Waals surface area contributed by atoms with Gasteiger partial charge in [0.2, 0.25) is 0 Å². The van der Waals surface area contributed by atoms with Gasteiger partial charge >= 0.3 is 0 Å². The minimum atomic E-state index is -0.260. The monoisotopic (exact) mass is 213 g/mol. The lowest BCUT2D eigenvalue weighted by Gasteiger charge is -2.15. The molecule has 2 unspecified atom stereocenters. The van der Waals surface area contributed by atoms with E-state index in [2.05, 4.69) is 5.32 Å².